The number of hydrogen-bond acceptors (Lipinski definition) is 8. The maximum absolute atomic E-state index is 12.7. The standard InChI is InChI=1S/C19H20N2O5S2/c1-25-16(22)10-27-19-21-14-8-7-11(9-15(14)28-19)20-17(23)12-5-3-4-6-13(12)18(24)26-2/h3-4,7-9,12-13H,5-6,10H2,1-2H3,(H,20,23). The lowest BCUT2D eigenvalue weighted by Gasteiger charge is -2.25. The molecule has 2 aromatic rings. The summed E-state index contributed by atoms with van der Waals surface area (Å²) in [5.74, 6) is -1.61. The number of rotatable bonds is 6. The molecule has 1 amide bonds. The van der Waals surface area contributed by atoms with Gasteiger partial charge in [-0.15, -0.1) is 11.3 Å². The molecule has 0 fully saturated rings. The first-order chi connectivity index (χ1) is 13.5. The Morgan fingerprint density at radius 1 is 1.18 bits per heavy atom. The minimum atomic E-state index is -0.469. The third kappa shape index (κ3) is 4.71. The molecule has 1 heterocycles. The average molecular weight is 421 g/mol. The number of allylic oxidation sites excluding steroid dienone is 2. The van der Waals surface area contributed by atoms with Crippen LogP contribution in [0.3, 0.4) is 0 Å². The van der Waals surface area contributed by atoms with Gasteiger partial charge in [0.15, 0.2) is 4.34 Å². The molecule has 1 aromatic carbocycles. The minimum absolute atomic E-state index is 0.198. The second kappa shape index (κ2) is 9.20. The SMILES string of the molecule is COC(=O)CSc1nc2ccc(NC(=O)C3CC=CCC3C(=O)OC)cc2s1. The van der Waals surface area contributed by atoms with Gasteiger partial charge in [0.05, 0.1) is 42.0 Å². The van der Waals surface area contributed by atoms with Gasteiger partial charge in [0.1, 0.15) is 0 Å². The Labute approximate surface area is 170 Å². The van der Waals surface area contributed by atoms with Crippen molar-refractivity contribution in [2.45, 2.75) is 17.2 Å². The van der Waals surface area contributed by atoms with Crippen LogP contribution >= 0.6 is 23.1 Å². The molecule has 9 heteroatoms. The van der Waals surface area contributed by atoms with Crippen molar-refractivity contribution in [3.8, 4) is 0 Å². The summed E-state index contributed by atoms with van der Waals surface area (Å²) in [6, 6.07) is 5.45. The Bertz CT molecular complexity index is 924. The first-order valence-electron chi connectivity index (χ1n) is 8.65. The number of carbonyl (C=O) groups is 3. The number of esters is 2. The Kier molecular flexibility index (Phi) is 6.69. The highest BCUT2D eigenvalue weighted by atomic mass is 32.2. The van der Waals surface area contributed by atoms with Gasteiger partial charge < -0.3 is 14.8 Å². The minimum Gasteiger partial charge on any atom is -0.469 e. The van der Waals surface area contributed by atoms with Crippen LogP contribution < -0.4 is 5.32 Å². The number of nitrogens with one attached hydrogen (secondary N) is 1. The molecule has 2 atom stereocenters. The number of thiazole rings is 1. The maximum Gasteiger partial charge on any atom is 0.316 e. The molecule has 0 radical (unpaired) electrons. The lowest BCUT2D eigenvalue weighted by atomic mass is 9.82. The fourth-order valence-corrected chi connectivity index (χ4v) is 4.91. The van der Waals surface area contributed by atoms with Crippen molar-refractivity contribution >= 4 is 56.8 Å². The first-order valence-corrected chi connectivity index (χ1v) is 10.5. The molecule has 0 saturated heterocycles. The molecule has 0 bridgehead atoms. The monoisotopic (exact) mass is 420 g/mol. The van der Waals surface area contributed by atoms with Gasteiger partial charge in [-0.3, -0.25) is 14.4 Å². The van der Waals surface area contributed by atoms with Gasteiger partial charge in [-0.25, -0.2) is 4.98 Å². The van der Waals surface area contributed by atoms with Crippen molar-refractivity contribution < 1.29 is 23.9 Å². The predicted octanol–water partition coefficient (Wildman–Crippen LogP) is 3.26. The normalized spacial score (nSPS) is 18.6. The lowest BCUT2D eigenvalue weighted by molar-refractivity contribution is -0.149. The van der Waals surface area contributed by atoms with Crippen molar-refractivity contribution in [3.05, 3.63) is 30.4 Å². The number of aromatic nitrogens is 1. The first kappa shape index (κ1) is 20.3. The Morgan fingerprint density at radius 3 is 2.64 bits per heavy atom. The van der Waals surface area contributed by atoms with Crippen LogP contribution in [0.1, 0.15) is 12.8 Å². The van der Waals surface area contributed by atoms with E-state index in [0.717, 1.165) is 14.6 Å². The number of fused-ring (bicyclic) bond motifs is 1. The van der Waals surface area contributed by atoms with Crippen molar-refractivity contribution in [1.82, 2.24) is 4.98 Å². The zero-order valence-corrected chi connectivity index (χ0v) is 17.1. The van der Waals surface area contributed by atoms with Gasteiger partial charge in [-0.1, -0.05) is 23.9 Å². The van der Waals surface area contributed by atoms with E-state index in [-0.39, 0.29) is 23.6 Å². The van der Waals surface area contributed by atoms with E-state index < -0.39 is 11.8 Å². The van der Waals surface area contributed by atoms with Crippen LogP contribution in [0, 0.1) is 11.8 Å². The fraction of sp³-hybridized carbons (Fsp3) is 0.368. The van der Waals surface area contributed by atoms with Crippen LogP contribution in [0.15, 0.2) is 34.7 Å². The summed E-state index contributed by atoms with van der Waals surface area (Å²) >= 11 is 2.76. The van der Waals surface area contributed by atoms with Crippen LogP contribution in [0.25, 0.3) is 10.2 Å². The summed E-state index contributed by atoms with van der Waals surface area (Å²) in [6.45, 7) is 0. The number of anilines is 1. The summed E-state index contributed by atoms with van der Waals surface area (Å²) in [5.41, 5.74) is 1.44. The summed E-state index contributed by atoms with van der Waals surface area (Å²) < 4.78 is 11.1. The number of amides is 1. The zero-order valence-electron chi connectivity index (χ0n) is 15.5. The lowest BCUT2D eigenvalue weighted by Crippen LogP contribution is -2.35. The van der Waals surface area contributed by atoms with Gasteiger partial charge >= 0.3 is 11.9 Å². The van der Waals surface area contributed by atoms with Gasteiger partial charge in [0.2, 0.25) is 5.91 Å². The zero-order chi connectivity index (χ0) is 20.1. The molecule has 1 N–H and O–H groups in total. The number of methoxy groups -OCH3 is 2. The summed E-state index contributed by atoms with van der Waals surface area (Å²) in [5, 5.41) is 2.90. The van der Waals surface area contributed by atoms with E-state index >= 15 is 0 Å². The van der Waals surface area contributed by atoms with Crippen LogP contribution in [0.4, 0.5) is 5.69 Å². The Hall–Kier alpha value is -2.39. The molecule has 148 valence electrons. The van der Waals surface area contributed by atoms with E-state index in [9.17, 15) is 14.4 Å². The largest absolute Gasteiger partial charge is 0.469 e. The summed E-state index contributed by atoms with van der Waals surface area (Å²) in [4.78, 5) is 40.4. The van der Waals surface area contributed by atoms with E-state index in [1.807, 2.05) is 24.3 Å². The quantitative estimate of drug-likeness (QED) is 0.435. The van der Waals surface area contributed by atoms with E-state index in [4.69, 9.17) is 4.74 Å². The third-order valence-electron chi connectivity index (χ3n) is 4.45. The van der Waals surface area contributed by atoms with Crippen LogP contribution in [-0.2, 0) is 23.9 Å². The number of carbonyl (C=O) groups excluding carboxylic acids is 3. The van der Waals surface area contributed by atoms with Crippen molar-refractivity contribution in [2.75, 3.05) is 25.3 Å². The average Bonchev–Trinajstić information content (AvgIpc) is 3.13. The van der Waals surface area contributed by atoms with E-state index in [1.54, 1.807) is 6.07 Å². The maximum atomic E-state index is 12.7. The molecule has 0 spiro atoms. The fourth-order valence-electron chi connectivity index (χ4n) is 2.97. The molecule has 1 aromatic heterocycles. The number of hydrogen-bond donors (Lipinski definition) is 1. The molecule has 1 aliphatic rings. The summed E-state index contributed by atoms with van der Waals surface area (Å²) in [6.07, 6.45) is 4.82. The van der Waals surface area contributed by atoms with Gasteiger partial charge in [-0.05, 0) is 31.0 Å². The van der Waals surface area contributed by atoms with Crippen LogP contribution in [-0.4, -0.2) is 42.8 Å². The van der Waals surface area contributed by atoms with Gasteiger partial charge in [0.25, 0.3) is 0 Å². The number of benzene rings is 1. The highest BCUT2D eigenvalue weighted by Crippen LogP contribution is 2.32. The van der Waals surface area contributed by atoms with Crippen LogP contribution in [0.2, 0.25) is 0 Å². The van der Waals surface area contributed by atoms with Crippen molar-refractivity contribution in [1.29, 1.82) is 0 Å². The summed E-state index contributed by atoms with van der Waals surface area (Å²) in [7, 11) is 2.69. The Balaban J connectivity index is 1.71. The number of nitrogens with zero attached hydrogens (tertiary/aromatic N) is 1. The molecule has 0 aliphatic heterocycles. The highest BCUT2D eigenvalue weighted by Gasteiger charge is 2.34. The van der Waals surface area contributed by atoms with E-state index in [0.29, 0.717) is 18.5 Å². The molecule has 28 heavy (non-hydrogen) atoms. The molecular formula is C19H20N2O5S2. The van der Waals surface area contributed by atoms with Crippen molar-refractivity contribution in [2.24, 2.45) is 11.8 Å². The molecule has 3 rings (SSSR count). The van der Waals surface area contributed by atoms with Gasteiger partial charge in [-0.2, -0.15) is 0 Å². The van der Waals surface area contributed by atoms with E-state index in [2.05, 4.69) is 15.0 Å². The molecule has 2 unspecified atom stereocenters. The third-order valence-corrected chi connectivity index (χ3v) is 6.59. The van der Waals surface area contributed by atoms with Crippen LogP contribution in [0.5, 0.6) is 0 Å². The van der Waals surface area contributed by atoms with Gasteiger partial charge in [0, 0.05) is 5.69 Å². The highest BCUT2D eigenvalue weighted by molar-refractivity contribution is 8.01. The van der Waals surface area contributed by atoms with E-state index in [1.165, 1.54) is 37.3 Å². The molecule has 7 nitrogen and oxygen atoms in total. The molecule has 0 saturated carbocycles. The smallest absolute Gasteiger partial charge is 0.316 e. The second-order valence-corrected chi connectivity index (χ2v) is 8.45. The Morgan fingerprint density at radius 2 is 1.93 bits per heavy atom. The van der Waals surface area contributed by atoms with Crippen molar-refractivity contribution in [3.63, 3.8) is 0 Å². The number of thioether (sulfide) groups is 1. The molecule has 1 aliphatic carbocycles. The number of ether oxygens (including phenoxy) is 2. The molecular weight excluding hydrogens is 400 g/mol. The predicted molar refractivity (Wildman–Crippen MR) is 108 cm³/mol. The topological polar surface area (TPSA) is 94.6 Å². The second-order valence-electron chi connectivity index (χ2n) is 6.20.